The zero-order valence-electron chi connectivity index (χ0n) is 34.6. The van der Waals surface area contributed by atoms with Crippen molar-refractivity contribution in [1.82, 2.24) is 24.1 Å². The van der Waals surface area contributed by atoms with Crippen LogP contribution in [0.1, 0.15) is 0 Å². The second-order valence-electron chi connectivity index (χ2n) is 16.4. The maximum absolute atomic E-state index is 5.33. The minimum Gasteiger partial charge on any atom is -0.309 e. The Morgan fingerprint density at radius 3 is 1.11 bits per heavy atom. The minimum absolute atomic E-state index is 0.591. The monoisotopic (exact) mass is 815 g/mol. The highest BCUT2D eigenvalue weighted by Gasteiger charge is 2.25. The Kier molecular flexibility index (Phi) is 8.15. The molecule has 0 fully saturated rings. The van der Waals surface area contributed by atoms with Crippen molar-refractivity contribution in [3.63, 3.8) is 0 Å². The summed E-state index contributed by atoms with van der Waals surface area (Å²) in [6, 6.07) is 80.1. The summed E-state index contributed by atoms with van der Waals surface area (Å²) in [7, 11) is 0. The molecule has 0 saturated carbocycles. The van der Waals surface area contributed by atoms with Crippen LogP contribution in [0.4, 0.5) is 0 Å². The molecule has 0 spiro atoms. The van der Waals surface area contributed by atoms with Gasteiger partial charge in [-0.1, -0.05) is 182 Å². The lowest BCUT2D eigenvalue weighted by atomic mass is 9.94. The number of hydrogen-bond donors (Lipinski definition) is 0. The van der Waals surface area contributed by atoms with Gasteiger partial charge in [-0.15, -0.1) is 0 Å². The molecule has 0 aliphatic heterocycles. The molecule has 0 amide bonds. The summed E-state index contributed by atoms with van der Waals surface area (Å²) in [6.45, 7) is 0. The van der Waals surface area contributed by atoms with Crippen molar-refractivity contribution in [2.45, 2.75) is 0 Å². The number of aromatic nitrogens is 5. The van der Waals surface area contributed by atoms with Crippen LogP contribution in [0.2, 0.25) is 0 Å². The molecule has 64 heavy (non-hydrogen) atoms. The summed E-state index contributed by atoms with van der Waals surface area (Å²) in [5, 5.41) is 9.64. The summed E-state index contributed by atoms with van der Waals surface area (Å²) in [5.74, 6) is 1.83. The van der Waals surface area contributed by atoms with Crippen molar-refractivity contribution in [2.75, 3.05) is 0 Å². The van der Waals surface area contributed by atoms with Crippen LogP contribution in [0, 0.1) is 0 Å². The van der Waals surface area contributed by atoms with Crippen molar-refractivity contribution in [2.24, 2.45) is 0 Å². The van der Waals surface area contributed by atoms with Gasteiger partial charge in [0.2, 0.25) is 0 Å². The third kappa shape index (κ3) is 5.68. The van der Waals surface area contributed by atoms with Crippen LogP contribution in [0.3, 0.4) is 0 Å². The maximum Gasteiger partial charge on any atom is 0.164 e. The smallest absolute Gasteiger partial charge is 0.164 e. The lowest BCUT2D eigenvalue weighted by Gasteiger charge is -2.22. The highest BCUT2D eigenvalue weighted by Crippen LogP contribution is 2.45. The lowest BCUT2D eigenvalue weighted by molar-refractivity contribution is 1.07. The first-order valence-electron chi connectivity index (χ1n) is 21.7. The summed E-state index contributed by atoms with van der Waals surface area (Å²) in [4.78, 5) is 15.7. The summed E-state index contributed by atoms with van der Waals surface area (Å²) in [6.07, 6.45) is 0. The molecule has 0 bridgehead atoms. The first-order valence-corrected chi connectivity index (χ1v) is 21.7. The molecule has 0 aliphatic rings. The molecule has 0 atom stereocenters. The van der Waals surface area contributed by atoms with Gasteiger partial charge in [0, 0.05) is 43.8 Å². The third-order valence-corrected chi connectivity index (χ3v) is 12.7. The molecule has 3 aromatic heterocycles. The van der Waals surface area contributed by atoms with Crippen LogP contribution < -0.4 is 0 Å². The summed E-state index contributed by atoms with van der Waals surface area (Å²) >= 11 is 0. The largest absolute Gasteiger partial charge is 0.309 e. The first-order chi connectivity index (χ1) is 31.7. The average molecular weight is 816 g/mol. The molecular formula is C59H37N5. The number of fused-ring (bicyclic) bond motifs is 9. The molecule has 13 aromatic rings. The molecule has 5 nitrogen and oxygen atoms in total. The van der Waals surface area contributed by atoms with E-state index in [1.165, 1.54) is 43.1 Å². The van der Waals surface area contributed by atoms with E-state index >= 15 is 0 Å². The first kappa shape index (κ1) is 36.0. The van der Waals surface area contributed by atoms with E-state index in [-0.39, 0.29) is 0 Å². The minimum atomic E-state index is 0.591. The fourth-order valence-corrected chi connectivity index (χ4v) is 9.86. The third-order valence-electron chi connectivity index (χ3n) is 12.7. The molecule has 0 N–H and O–H groups in total. The molecule has 5 heteroatoms. The van der Waals surface area contributed by atoms with Gasteiger partial charge in [-0.05, 0) is 69.6 Å². The van der Waals surface area contributed by atoms with Crippen molar-refractivity contribution in [3.05, 3.63) is 224 Å². The van der Waals surface area contributed by atoms with Gasteiger partial charge in [-0.2, -0.15) is 0 Å². The van der Waals surface area contributed by atoms with E-state index in [2.05, 4.69) is 197 Å². The Hall–Kier alpha value is -8.67. The maximum atomic E-state index is 5.33. The summed E-state index contributed by atoms with van der Waals surface area (Å²) in [5.41, 5.74) is 11.4. The number of nitrogens with zero attached hydrogens (tertiary/aromatic N) is 5. The second-order valence-corrected chi connectivity index (χ2v) is 16.4. The summed E-state index contributed by atoms with van der Waals surface area (Å²) < 4.78 is 4.89. The van der Waals surface area contributed by atoms with Crippen LogP contribution in [-0.2, 0) is 0 Å². The molecule has 13 rings (SSSR count). The van der Waals surface area contributed by atoms with Crippen LogP contribution in [-0.4, -0.2) is 24.1 Å². The van der Waals surface area contributed by atoms with Gasteiger partial charge in [0.25, 0.3) is 0 Å². The number of hydrogen-bond acceptors (Lipinski definition) is 3. The van der Waals surface area contributed by atoms with E-state index in [4.69, 9.17) is 15.0 Å². The van der Waals surface area contributed by atoms with Crippen molar-refractivity contribution in [1.29, 1.82) is 0 Å². The van der Waals surface area contributed by atoms with Gasteiger partial charge in [0.05, 0.1) is 33.4 Å². The predicted molar refractivity (Wildman–Crippen MR) is 265 cm³/mol. The molecule has 0 radical (unpaired) electrons. The highest BCUT2D eigenvalue weighted by atomic mass is 15.1. The quantitative estimate of drug-likeness (QED) is 0.157. The lowest BCUT2D eigenvalue weighted by Crippen LogP contribution is -2.06. The Balaban J connectivity index is 1.21. The SMILES string of the molecule is c1ccc(-c2nc(-c3ccccc3)nc(-c3cc(-n4c5ccccc5c5ccccc54)c(-c4ccc5c(ccc6ccccc65)c4)c(-n4c5ccccc5c5ccccc54)c3)n2)cc1. The van der Waals surface area contributed by atoms with Crippen LogP contribution in [0.5, 0.6) is 0 Å². The van der Waals surface area contributed by atoms with Gasteiger partial charge in [0.1, 0.15) is 0 Å². The van der Waals surface area contributed by atoms with Crippen molar-refractivity contribution < 1.29 is 0 Å². The highest BCUT2D eigenvalue weighted by molar-refractivity contribution is 6.13. The Labute approximate surface area is 368 Å². The topological polar surface area (TPSA) is 48.5 Å². The Morgan fingerprint density at radius 1 is 0.250 bits per heavy atom. The van der Waals surface area contributed by atoms with E-state index in [1.54, 1.807) is 0 Å². The fourth-order valence-electron chi connectivity index (χ4n) is 9.86. The van der Waals surface area contributed by atoms with Gasteiger partial charge >= 0.3 is 0 Å². The van der Waals surface area contributed by atoms with E-state index < -0.39 is 0 Å². The van der Waals surface area contributed by atoms with Crippen LogP contribution in [0.25, 0.3) is 122 Å². The van der Waals surface area contributed by atoms with Gasteiger partial charge in [0.15, 0.2) is 17.5 Å². The molecule has 0 saturated heterocycles. The van der Waals surface area contributed by atoms with Crippen LogP contribution >= 0.6 is 0 Å². The number of para-hydroxylation sites is 4. The van der Waals surface area contributed by atoms with E-state index in [0.29, 0.717) is 17.5 Å². The average Bonchev–Trinajstić information content (AvgIpc) is 3.89. The Morgan fingerprint density at radius 2 is 0.625 bits per heavy atom. The van der Waals surface area contributed by atoms with Crippen molar-refractivity contribution >= 4 is 65.2 Å². The van der Waals surface area contributed by atoms with E-state index in [1.807, 2.05) is 36.4 Å². The fraction of sp³-hybridized carbons (Fsp3) is 0. The van der Waals surface area contributed by atoms with Gasteiger partial charge in [-0.3, -0.25) is 0 Å². The van der Waals surface area contributed by atoms with E-state index in [0.717, 1.165) is 61.3 Å². The number of rotatable bonds is 6. The zero-order valence-corrected chi connectivity index (χ0v) is 34.6. The molecule has 0 unspecified atom stereocenters. The molecule has 298 valence electrons. The predicted octanol–water partition coefficient (Wildman–Crippen LogP) is 15.0. The second kappa shape index (κ2) is 14.5. The van der Waals surface area contributed by atoms with E-state index in [9.17, 15) is 0 Å². The molecule has 0 aliphatic carbocycles. The zero-order chi connectivity index (χ0) is 42.1. The standard InChI is InChI=1S/C59H37N5/c1-3-18-39(19-4-1)57-60-58(40-20-5-2-6-21-40)62-59(61-57)43-36-54(63-50-27-13-9-23-46(50)47-24-10-14-28-51(47)63)56(42-33-34-45-41(35-42)32-31-38-17-7-8-22-44(38)45)55(37-43)64-52-29-15-11-25-48(52)49-26-12-16-30-53(49)64/h1-37H. The normalized spacial score (nSPS) is 11.8. The van der Waals surface area contributed by atoms with Crippen LogP contribution in [0.15, 0.2) is 224 Å². The molecule has 3 heterocycles. The van der Waals surface area contributed by atoms with Gasteiger partial charge < -0.3 is 9.13 Å². The number of benzene rings is 10. The molecular weight excluding hydrogens is 779 g/mol. The Bertz CT molecular complexity index is 3660. The van der Waals surface area contributed by atoms with Crippen molar-refractivity contribution in [3.8, 4) is 56.7 Å². The molecule has 10 aromatic carbocycles. The van der Waals surface area contributed by atoms with Gasteiger partial charge in [-0.25, -0.2) is 15.0 Å².